The highest BCUT2D eigenvalue weighted by Gasteiger charge is 2.25. The van der Waals surface area contributed by atoms with Gasteiger partial charge in [0.2, 0.25) is 0 Å². The minimum absolute atomic E-state index is 0.0332. The fraction of sp³-hybridized carbons (Fsp3) is 0.375. The van der Waals surface area contributed by atoms with Crippen molar-refractivity contribution >= 4 is 21.8 Å². The van der Waals surface area contributed by atoms with E-state index in [-0.39, 0.29) is 16.6 Å². The summed E-state index contributed by atoms with van der Waals surface area (Å²) in [5.41, 5.74) is 7.06. The monoisotopic (exact) mass is 366 g/mol. The molecular formula is C16H22N4O4S. The summed E-state index contributed by atoms with van der Waals surface area (Å²) < 4.78 is 30.2. The fourth-order valence-electron chi connectivity index (χ4n) is 2.96. The number of sulfonamides is 1. The molecule has 136 valence electrons. The molecule has 2 heterocycles. The number of hydrogen-bond acceptors (Lipinski definition) is 4. The molecule has 2 rings (SSSR count). The van der Waals surface area contributed by atoms with E-state index in [2.05, 4.69) is 0 Å². The minimum atomic E-state index is -4.12. The average molecular weight is 366 g/mol. The molecule has 0 aliphatic heterocycles. The van der Waals surface area contributed by atoms with Crippen molar-refractivity contribution in [2.45, 2.75) is 38.6 Å². The third kappa shape index (κ3) is 3.46. The molecule has 25 heavy (non-hydrogen) atoms. The topological polar surface area (TPSA) is 116 Å². The normalized spacial score (nSPS) is 11.8. The van der Waals surface area contributed by atoms with Gasteiger partial charge < -0.3 is 14.9 Å². The Labute approximate surface area is 146 Å². The molecule has 0 aliphatic carbocycles. The smallest absolute Gasteiger partial charge is 0.266 e. The van der Waals surface area contributed by atoms with Crippen LogP contribution < -0.4 is 10.5 Å². The van der Waals surface area contributed by atoms with Gasteiger partial charge in [0.05, 0.1) is 5.56 Å². The van der Waals surface area contributed by atoms with Gasteiger partial charge in [0.15, 0.2) is 0 Å². The summed E-state index contributed by atoms with van der Waals surface area (Å²) >= 11 is 0. The number of aryl methyl sites for hydroxylation is 2. The van der Waals surface area contributed by atoms with Gasteiger partial charge in [0.1, 0.15) is 10.6 Å². The number of carbonyl (C=O) groups is 2. The van der Waals surface area contributed by atoms with Gasteiger partial charge in [-0.25, -0.2) is 13.1 Å². The first-order valence-electron chi connectivity index (χ1n) is 7.67. The third-order valence-electron chi connectivity index (χ3n) is 4.02. The Bertz CT molecular complexity index is 951. The zero-order chi connectivity index (χ0) is 19.1. The van der Waals surface area contributed by atoms with Crippen LogP contribution >= 0.6 is 0 Å². The van der Waals surface area contributed by atoms with Crippen molar-refractivity contribution in [3.63, 3.8) is 0 Å². The van der Waals surface area contributed by atoms with Gasteiger partial charge in [0, 0.05) is 30.7 Å². The molecule has 0 saturated carbocycles. The lowest BCUT2D eigenvalue weighted by Gasteiger charge is -2.13. The summed E-state index contributed by atoms with van der Waals surface area (Å²) in [6.07, 6.45) is 1.23. The van der Waals surface area contributed by atoms with Crippen molar-refractivity contribution in [3.8, 4) is 0 Å². The lowest BCUT2D eigenvalue weighted by molar-refractivity contribution is 0.0976. The van der Waals surface area contributed by atoms with E-state index in [1.807, 2.05) is 30.1 Å². The number of hydrogen-bond donors (Lipinski definition) is 2. The first kappa shape index (κ1) is 18.8. The largest absolute Gasteiger partial charge is 0.364 e. The fourth-order valence-corrected chi connectivity index (χ4v) is 4.00. The molecular weight excluding hydrogens is 344 g/mol. The Balaban J connectivity index is 2.36. The van der Waals surface area contributed by atoms with Crippen LogP contribution in [0.3, 0.4) is 0 Å². The van der Waals surface area contributed by atoms with Crippen molar-refractivity contribution in [3.05, 3.63) is 41.0 Å². The maximum Gasteiger partial charge on any atom is 0.266 e. The van der Waals surface area contributed by atoms with Crippen LogP contribution in [0.4, 0.5) is 0 Å². The summed E-state index contributed by atoms with van der Waals surface area (Å²) in [4.78, 5) is 23.5. The lowest BCUT2D eigenvalue weighted by Crippen LogP contribution is -2.30. The summed E-state index contributed by atoms with van der Waals surface area (Å²) in [5, 5.41) is 0. The van der Waals surface area contributed by atoms with Crippen LogP contribution in [0.2, 0.25) is 0 Å². The number of rotatable bonds is 5. The zero-order valence-corrected chi connectivity index (χ0v) is 15.6. The molecule has 8 nitrogen and oxygen atoms in total. The molecule has 0 fully saturated rings. The van der Waals surface area contributed by atoms with Gasteiger partial charge in [-0.1, -0.05) is 0 Å². The number of nitrogens with zero attached hydrogens (tertiary/aromatic N) is 2. The molecule has 2 aromatic heterocycles. The van der Waals surface area contributed by atoms with Crippen LogP contribution in [-0.2, 0) is 17.1 Å². The second kappa shape index (κ2) is 6.40. The standard InChI is InChI=1S/C16H22N4O4S/c1-9(2)20-10(3)6-13(11(20)4)16(22)18-25(23,24)12-7-14(15(17)21)19(5)8-12/h6-9H,1-5H3,(H2,17,21)(H,18,22). The molecule has 0 aromatic carbocycles. The quantitative estimate of drug-likeness (QED) is 0.828. The SMILES string of the molecule is Cc1cc(C(=O)NS(=O)(=O)c2cc(C(N)=O)n(C)c2)c(C)n1C(C)C. The van der Waals surface area contributed by atoms with E-state index in [0.717, 1.165) is 11.8 Å². The van der Waals surface area contributed by atoms with Crippen LogP contribution in [0, 0.1) is 13.8 Å². The predicted octanol–water partition coefficient (Wildman–Crippen LogP) is 1.24. The van der Waals surface area contributed by atoms with Gasteiger partial charge in [-0.05, 0) is 39.8 Å². The van der Waals surface area contributed by atoms with E-state index in [0.29, 0.717) is 11.3 Å². The van der Waals surface area contributed by atoms with Crippen LogP contribution in [-0.4, -0.2) is 29.4 Å². The molecule has 3 N–H and O–H groups in total. The molecule has 0 spiro atoms. The first-order valence-corrected chi connectivity index (χ1v) is 9.15. The van der Waals surface area contributed by atoms with Crippen molar-refractivity contribution in [2.24, 2.45) is 12.8 Å². The van der Waals surface area contributed by atoms with E-state index < -0.39 is 21.8 Å². The van der Waals surface area contributed by atoms with Gasteiger partial charge in [0.25, 0.3) is 21.8 Å². The highest BCUT2D eigenvalue weighted by atomic mass is 32.2. The molecule has 9 heteroatoms. The van der Waals surface area contributed by atoms with Crippen molar-refractivity contribution in [1.29, 1.82) is 0 Å². The molecule has 0 atom stereocenters. The van der Waals surface area contributed by atoms with Gasteiger partial charge in [-0.2, -0.15) is 0 Å². The Morgan fingerprint density at radius 2 is 1.80 bits per heavy atom. The van der Waals surface area contributed by atoms with Crippen LogP contribution in [0.25, 0.3) is 0 Å². The van der Waals surface area contributed by atoms with Gasteiger partial charge in [-0.3, -0.25) is 9.59 Å². The Kier molecular flexibility index (Phi) is 4.81. The Morgan fingerprint density at radius 1 is 1.20 bits per heavy atom. The van der Waals surface area contributed by atoms with E-state index in [1.54, 1.807) is 13.0 Å². The zero-order valence-electron chi connectivity index (χ0n) is 14.8. The lowest BCUT2D eigenvalue weighted by atomic mass is 10.2. The molecule has 2 aromatic rings. The van der Waals surface area contributed by atoms with Gasteiger partial charge in [-0.15, -0.1) is 0 Å². The number of aromatic nitrogens is 2. The van der Waals surface area contributed by atoms with E-state index in [1.165, 1.54) is 17.8 Å². The van der Waals surface area contributed by atoms with E-state index in [4.69, 9.17) is 5.73 Å². The minimum Gasteiger partial charge on any atom is -0.364 e. The summed E-state index contributed by atoms with van der Waals surface area (Å²) in [6.45, 7) is 7.58. The van der Waals surface area contributed by atoms with Crippen LogP contribution in [0.5, 0.6) is 0 Å². The Morgan fingerprint density at radius 3 is 2.24 bits per heavy atom. The summed E-state index contributed by atoms with van der Waals surface area (Å²) in [7, 11) is -2.62. The number of primary amides is 1. The van der Waals surface area contributed by atoms with Crippen molar-refractivity contribution in [2.75, 3.05) is 0 Å². The number of nitrogens with two attached hydrogens (primary N) is 1. The molecule has 0 radical (unpaired) electrons. The second-order valence-corrected chi connectivity index (χ2v) is 7.90. The molecule has 0 aliphatic rings. The van der Waals surface area contributed by atoms with Gasteiger partial charge >= 0.3 is 0 Å². The van der Waals surface area contributed by atoms with E-state index in [9.17, 15) is 18.0 Å². The first-order chi connectivity index (χ1) is 11.5. The van der Waals surface area contributed by atoms with E-state index >= 15 is 0 Å². The summed E-state index contributed by atoms with van der Waals surface area (Å²) in [5.74, 6) is -1.47. The Hall–Kier alpha value is -2.55. The molecule has 2 amide bonds. The third-order valence-corrected chi connectivity index (χ3v) is 5.31. The predicted molar refractivity (Wildman–Crippen MR) is 92.9 cm³/mol. The second-order valence-electron chi connectivity index (χ2n) is 6.22. The number of amides is 2. The highest BCUT2D eigenvalue weighted by Crippen LogP contribution is 2.21. The summed E-state index contributed by atoms with van der Waals surface area (Å²) in [6, 6.07) is 2.93. The maximum absolute atomic E-state index is 12.5. The molecule has 0 saturated heterocycles. The maximum atomic E-state index is 12.5. The van der Waals surface area contributed by atoms with Crippen LogP contribution in [0.1, 0.15) is 52.1 Å². The van der Waals surface area contributed by atoms with Crippen LogP contribution in [0.15, 0.2) is 23.2 Å². The van der Waals surface area contributed by atoms with Crippen molar-refractivity contribution < 1.29 is 18.0 Å². The highest BCUT2D eigenvalue weighted by molar-refractivity contribution is 7.90. The molecule has 0 unspecified atom stereocenters. The van der Waals surface area contributed by atoms with Crippen molar-refractivity contribution in [1.82, 2.24) is 13.9 Å². The number of carbonyl (C=O) groups excluding carboxylic acids is 2. The number of nitrogens with one attached hydrogen (secondary N) is 1. The average Bonchev–Trinajstić information content (AvgIpc) is 2.99. The molecule has 0 bridgehead atoms.